The molecule has 0 atom stereocenters. The Balaban J connectivity index is 2.09. The van der Waals surface area contributed by atoms with Crippen molar-refractivity contribution in [2.75, 3.05) is 19.8 Å². The second-order valence-corrected chi connectivity index (χ2v) is 5.00. The molecule has 0 spiro atoms. The van der Waals surface area contributed by atoms with Crippen LogP contribution in [-0.4, -0.2) is 35.7 Å². The van der Waals surface area contributed by atoms with Gasteiger partial charge < -0.3 is 14.2 Å². The zero-order valence-electron chi connectivity index (χ0n) is 13.9. The van der Waals surface area contributed by atoms with E-state index in [1.54, 1.807) is 0 Å². The topological polar surface area (TPSA) is 82.5 Å². The summed E-state index contributed by atoms with van der Waals surface area (Å²) in [5.74, 6) is 0.0960. The predicted octanol–water partition coefficient (Wildman–Crippen LogP) is 1.36. The minimum atomic E-state index is -0.546. The summed E-state index contributed by atoms with van der Waals surface area (Å²) in [5.41, 5.74) is -0.0841. The zero-order valence-corrected chi connectivity index (χ0v) is 13.9. The van der Waals surface area contributed by atoms with Crippen LogP contribution in [0.1, 0.15) is 19.4 Å². The normalized spacial score (nSPS) is 11.0. The third kappa shape index (κ3) is 5.07. The van der Waals surface area contributed by atoms with Crippen LogP contribution in [0.3, 0.4) is 0 Å². The molecule has 0 bridgehead atoms. The van der Waals surface area contributed by atoms with Crippen LogP contribution in [0.5, 0.6) is 5.88 Å². The Labute approximate surface area is 139 Å². The highest BCUT2D eigenvalue weighted by atomic mass is 16.7. The fourth-order valence-corrected chi connectivity index (χ4v) is 2.17. The van der Waals surface area contributed by atoms with E-state index in [-0.39, 0.29) is 19.0 Å². The van der Waals surface area contributed by atoms with E-state index >= 15 is 0 Å². The molecular weight excluding hydrogens is 312 g/mol. The maximum atomic E-state index is 12.2. The third-order valence-corrected chi connectivity index (χ3v) is 3.26. The van der Waals surface area contributed by atoms with Crippen molar-refractivity contribution in [3.63, 3.8) is 0 Å². The Kier molecular flexibility index (Phi) is 6.77. The first-order valence-electron chi connectivity index (χ1n) is 7.88. The number of hydrogen-bond acceptors (Lipinski definition) is 5. The molecule has 0 aliphatic rings. The molecule has 1 aromatic carbocycles. The van der Waals surface area contributed by atoms with Crippen LogP contribution in [-0.2, 0) is 16.0 Å². The van der Waals surface area contributed by atoms with Gasteiger partial charge in [0.1, 0.15) is 6.61 Å². The van der Waals surface area contributed by atoms with Crippen molar-refractivity contribution in [2.24, 2.45) is 0 Å². The summed E-state index contributed by atoms with van der Waals surface area (Å²) >= 11 is 0. The third-order valence-electron chi connectivity index (χ3n) is 3.26. The van der Waals surface area contributed by atoms with Crippen molar-refractivity contribution >= 4 is 0 Å². The van der Waals surface area contributed by atoms with Crippen LogP contribution in [0.15, 0.2) is 46.0 Å². The van der Waals surface area contributed by atoms with Crippen molar-refractivity contribution < 1.29 is 14.2 Å². The molecule has 7 nitrogen and oxygen atoms in total. The molecule has 0 unspecified atom stereocenters. The van der Waals surface area contributed by atoms with Crippen LogP contribution in [0.2, 0.25) is 0 Å². The van der Waals surface area contributed by atoms with E-state index in [1.807, 2.05) is 44.2 Å². The summed E-state index contributed by atoms with van der Waals surface area (Å²) in [6.45, 7) is 4.93. The van der Waals surface area contributed by atoms with Gasteiger partial charge in [0.2, 0.25) is 5.88 Å². The lowest BCUT2D eigenvalue weighted by Gasteiger charge is -2.17. The summed E-state index contributed by atoms with van der Waals surface area (Å²) in [5, 5.41) is 0. The SMILES string of the molecule is CCOC(COc1cc(=O)n(Cc2ccccc2)c(=O)[nH]1)OCC. The zero-order chi connectivity index (χ0) is 17.4. The second-order valence-electron chi connectivity index (χ2n) is 5.00. The van der Waals surface area contributed by atoms with Gasteiger partial charge in [0.25, 0.3) is 5.56 Å². The van der Waals surface area contributed by atoms with Crippen LogP contribution in [0.25, 0.3) is 0 Å². The van der Waals surface area contributed by atoms with E-state index in [2.05, 4.69) is 4.98 Å². The quantitative estimate of drug-likeness (QED) is 0.700. The summed E-state index contributed by atoms with van der Waals surface area (Å²) in [7, 11) is 0. The van der Waals surface area contributed by atoms with E-state index in [9.17, 15) is 9.59 Å². The van der Waals surface area contributed by atoms with E-state index in [0.29, 0.717) is 13.2 Å². The number of benzene rings is 1. The predicted molar refractivity (Wildman–Crippen MR) is 89.4 cm³/mol. The molecule has 130 valence electrons. The smallest absolute Gasteiger partial charge is 0.331 e. The molecule has 0 radical (unpaired) electrons. The van der Waals surface area contributed by atoms with E-state index in [4.69, 9.17) is 14.2 Å². The van der Waals surface area contributed by atoms with Crippen LogP contribution in [0.4, 0.5) is 0 Å². The number of nitrogens with one attached hydrogen (secondary N) is 1. The van der Waals surface area contributed by atoms with Gasteiger partial charge in [-0.3, -0.25) is 14.3 Å². The Morgan fingerprint density at radius 2 is 1.75 bits per heavy atom. The fraction of sp³-hybridized carbons (Fsp3) is 0.412. The standard InChI is InChI=1S/C17H22N2O5/c1-3-22-16(23-4-2)12-24-14-10-15(20)19(17(21)18-14)11-13-8-6-5-7-9-13/h5-10,16H,3-4,11-12H2,1-2H3,(H,18,21). The molecule has 0 amide bonds. The summed E-state index contributed by atoms with van der Waals surface area (Å²) in [6.07, 6.45) is -0.546. The molecule has 2 aromatic rings. The minimum absolute atomic E-state index is 0.0831. The summed E-state index contributed by atoms with van der Waals surface area (Å²) in [4.78, 5) is 26.8. The molecule has 7 heteroatoms. The van der Waals surface area contributed by atoms with Crippen LogP contribution < -0.4 is 16.0 Å². The first kappa shape index (κ1) is 18.0. The molecule has 0 aliphatic carbocycles. The molecular formula is C17H22N2O5. The Hall–Kier alpha value is -2.38. The highest BCUT2D eigenvalue weighted by Gasteiger charge is 2.11. The summed E-state index contributed by atoms with van der Waals surface area (Å²) in [6, 6.07) is 10.5. The molecule has 24 heavy (non-hydrogen) atoms. The largest absolute Gasteiger partial charge is 0.473 e. The number of hydrogen-bond donors (Lipinski definition) is 1. The van der Waals surface area contributed by atoms with E-state index < -0.39 is 17.5 Å². The molecule has 1 N–H and O–H groups in total. The van der Waals surface area contributed by atoms with Gasteiger partial charge in [-0.2, -0.15) is 0 Å². The van der Waals surface area contributed by atoms with Gasteiger partial charge in [0.05, 0.1) is 12.6 Å². The average molecular weight is 334 g/mol. The molecule has 1 heterocycles. The summed E-state index contributed by atoms with van der Waals surface area (Å²) < 4.78 is 17.2. The number of ether oxygens (including phenoxy) is 3. The minimum Gasteiger partial charge on any atom is -0.473 e. The average Bonchev–Trinajstić information content (AvgIpc) is 2.57. The Bertz CT molecular complexity index is 701. The molecule has 0 saturated carbocycles. The molecule has 0 aliphatic heterocycles. The lowest BCUT2D eigenvalue weighted by Crippen LogP contribution is -2.35. The van der Waals surface area contributed by atoms with Crippen LogP contribution >= 0.6 is 0 Å². The highest BCUT2D eigenvalue weighted by Crippen LogP contribution is 2.04. The monoisotopic (exact) mass is 334 g/mol. The number of rotatable bonds is 9. The van der Waals surface area contributed by atoms with Gasteiger partial charge in [-0.15, -0.1) is 0 Å². The van der Waals surface area contributed by atoms with Crippen LogP contribution in [0, 0.1) is 0 Å². The Morgan fingerprint density at radius 3 is 2.33 bits per heavy atom. The molecule has 0 fully saturated rings. The van der Waals surface area contributed by atoms with E-state index in [0.717, 1.165) is 10.1 Å². The van der Waals surface area contributed by atoms with Gasteiger partial charge in [0.15, 0.2) is 6.29 Å². The Morgan fingerprint density at radius 1 is 1.08 bits per heavy atom. The maximum Gasteiger partial charge on any atom is 0.331 e. The first-order valence-corrected chi connectivity index (χ1v) is 7.88. The van der Waals surface area contributed by atoms with Gasteiger partial charge in [0, 0.05) is 13.2 Å². The second kappa shape index (κ2) is 9.05. The van der Waals surface area contributed by atoms with E-state index in [1.165, 1.54) is 6.07 Å². The van der Waals surface area contributed by atoms with Crippen molar-refractivity contribution in [3.8, 4) is 5.88 Å². The van der Waals surface area contributed by atoms with Crippen molar-refractivity contribution in [1.29, 1.82) is 0 Å². The first-order chi connectivity index (χ1) is 11.6. The van der Waals surface area contributed by atoms with Gasteiger partial charge in [-0.25, -0.2) is 4.79 Å². The number of nitrogens with zero attached hydrogens (tertiary/aromatic N) is 1. The lowest BCUT2D eigenvalue weighted by atomic mass is 10.2. The van der Waals surface area contributed by atoms with Crippen molar-refractivity contribution in [3.05, 3.63) is 62.8 Å². The maximum absolute atomic E-state index is 12.2. The fourth-order valence-electron chi connectivity index (χ4n) is 2.17. The highest BCUT2D eigenvalue weighted by molar-refractivity contribution is 5.16. The van der Waals surface area contributed by atoms with Gasteiger partial charge >= 0.3 is 5.69 Å². The molecule has 2 rings (SSSR count). The number of H-pyrrole nitrogens is 1. The number of aromatic amines is 1. The van der Waals surface area contributed by atoms with Gasteiger partial charge in [-0.05, 0) is 19.4 Å². The molecule has 1 aromatic heterocycles. The van der Waals surface area contributed by atoms with Crippen molar-refractivity contribution in [1.82, 2.24) is 9.55 Å². The van der Waals surface area contributed by atoms with Gasteiger partial charge in [-0.1, -0.05) is 30.3 Å². The molecule has 0 saturated heterocycles. The number of aromatic nitrogens is 2. The van der Waals surface area contributed by atoms with Crippen molar-refractivity contribution in [2.45, 2.75) is 26.7 Å². The lowest BCUT2D eigenvalue weighted by molar-refractivity contribution is -0.152.